The number of ether oxygens (including phenoxy) is 1. The molecule has 2 aliphatic rings. The second-order valence-electron chi connectivity index (χ2n) is 9.99. The van der Waals surface area contributed by atoms with Crippen molar-refractivity contribution in [3.63, 3.8) is 0 Å². The number of hydrogen-bond donors (Lipinski definition) is 0. The van der Waals surface area contributed by atoms with Gasteiger partial charge < -0.3 is 4.74 Å². The van der Waals surface area contributed by atoms with Gasteiger partial charge in [0.2, 0.25) is 0 Å². The lowest BCUT2D eigenvalue weighted by Gasteiger charge is -2.41. The fourth-order valence-corrected chi connectivity index (χ4v) is 5.91. The summed E-state index contributed by atoms with van der Waals surface area (Å²) in [6.45, 7) is 2.79. The zero-order valence-corrected chi connectivity index (χ0v) is 19.0. The third kappa shape index (κ3) is 4.75. The molecule has 0 N–H and O–H groups in total. The first-order valence-electron chi connectivity index (χ1n) is 12.2. The summed E-state index contributed by atoms with van der Waals surface area (Å²) in [4.78, 5) is 0. The van der Waals surface area contributed by atoms with Gasteiger partial charge in [0.1, 0.15) is 6.61 Å². The Bertz CT molecular complexity index is 1030. The molecule has 1 nitrogen and oxygen atoms in total. The summed E-state index contributed by atoms with van der Waals surface area (Å²) in [7, 11) is 0. The Labute approximate surface area is 191 Å². The molecule has 2 fully saturated rings. The van der Waals surface area contributed by atoms with Crippen LogP contribution in [0.2, 0.25) is 0 Å². The third-order valence-corrected chi connectivity index (χ3v) is 7.76. The predicted molar refractivity (Wildman–Crippen MR) is 129 cm³/mol. The molecule has 0 heterocycles. The van der Waals surface area contributed by atoms with Crippen LogP contribution in [0.25, 0.3) is 11.1 Å². The van der Waals surface area contributed by atoms with Crippen LogP contribution in [0.15, 0.2) is 72.8 Å². The van der Waals surface area contributed by atoms with Crippen LogP contribution in [0.1, 0.15) is 62.5 Å². The zero-order valence-electron chi connectivity index (χ0n) is 19.0. The van der Waals surface area contributed by atoms with Crippen LogP contribution in [0.3, 0.4) is 0 Å². The van der Waals surface area contributed by atoms with Crippen molar-refractivity contribution >= 4 is 0 Å². The highest BCUT2D eigenvalue weighted by Crippen LogP contribution is 2.47. The van der Waals surface area contributed by atoms with Crippen LogP contribution in [0.5, 0.6) is 5.75 Å². The molecule has 0 saturated heterocycles. The quantitative estimate of drug-likeness (QED) is 0.396. The number of rotatable bonds is 5. The van der Waals surface area contributed by atoms with Crippen molar-refractivity contribution < 1.29 is 9.13 Å². The molecule has 166 valence electrons. The highest BCUT2D eigenvalue weighted by molar-refractivity contribution is 5.64. The fourth-order valence-electron chi connectivity index (χ4n) is 5.91. The van der Waals surface area contributed by atoms with Gasteiger partial charge in [-0.25, -0.2) is 4.39 Å². The summed E-state index contributed by atoms with van der Waals surface area (Å²) in [5.41, 5.74) is 4.44. The third-order valence-electron chi connectivity index (χ3n) is 7.76. The highest BCUT2D eigenvalue weighted by Gasteiger charge is 2.34. The van der Waals surface area contributed by atoms with Gasteiger partial charge in [0.25, 0.3) is 0 Å². The molecule has 0 spiro atoms. The minimum absolute atomic E-state index is 0.299. The SMILES string of the molecule is CC1CC[C@@H]2C[C@H](c3ccc(-c4ccc(OCc5ccccc5)c(F)c4)cc3)CC[C@@H]2C1. The molecule has 3 aromatic carbocycles. The van der Waals surface area contributed by atoms with E-state index >= 15 is 0 Å². The average molecular weight is 429 g/mol. The van der Waals surface area contributed by atoms with Gasteiger partial charge in [-0.3, -0.25) is 0 Å². The largest absolute Gasteiger partial charge is 0.486 e. The molecule has 32 heavy (non-hydrogen) atoms. The minimum Gasteiger partial charge on any atom is -0.486 e. The maximum atomic E-state index is 14.7. The van der Waals surface area contributed by atoms with Crippen molar-refractivity contribution in [2.75, 3.05) is 0 Å². The standard InChI is InChI=1S/C30H33FO/c1-21-7-8-27-18-26(14-13-25(27)17-21)23-9-11-24(12-10-23)28-15-16-30(29(31)19-28)32-20-22-5-3-2-4-6-22/h2-6,9-12,15-16,19,21,25-27H,7-8,13-14,17-18,20H2,1H3/t21?,25-,26-,27-/m1/s1. The van der Waals surface area contributed by atoms with Crippen LogP contribution in [0.4, 0.5) is 4.39 Å². The van der Waals surface area contributed by atoms with E-state index in [1.165, 1.54) is 44.1 Å². The average Bonchev–Trinajstić information content (AvgIpc) is 2.84. The Morgan fingerprint density at radius 2 is 1.50 bits per heavy atom. The Morgan fingerprint density at radius 1 is 0.781 bits per heavy atom. The molecule has 3 aromatic rings. The summed E-state index contributed by atoms with van der Waals surface area (Å²) < 4.78 is 20.4. The first-order chi connectivity index (χ1) is 15.7. The van der Waals surface area contributed by atoms with Gasteiger partial charge in [0.15, 0.2) is 11.6 Å². The molecule has 0 aromatic heterocycles. The van der Waals surface area contributed by atoms with Gasteiger partial charge in [-0.15, -0.1) is 0 Å². The molecule has 0 bridgehead atoms. The Morgan fingerprint density at radius 3 is 2.28 bits per heavy atom. The topological polar surface area (TPSA) is 9.23 Å². The lowest BCUT2D eigenvalue weighted by molar-refractivity contribution is 0.124. The normalized spacial score (nSPS) is 25.2. The van der Waals surface area contributed by atoms with Crippen molar-refractivity contribution in [2.24, 2.45) is 17.8 Å². The van der Waals surface area contributed by atoms with Gasteiger partial charge in [-0.05, 0) is 90.2 Å². The first kappa shape index (κ1) is 21.2. The molecule has 0 radical (unpaired) electrons. The Balaban J connectivity index is 1.23. The summed E-state index contributed by atoms with van der Waals surface area (Å²) in [5.74, 6) is 3.47. The van der Waals surface area contributed by atoms with E-state index in [0.717, 1.165) is 34.4 Å². The van der Waals surface area contributed by atoms with E-state index in [1.54, 1.807) is 12.1 Å². The van der Waals surface area contributed by atoms with E-state index in [-0.39, 0.29) is 5.82 Å². The van der Waals surface area contributed by atoms with Crippen molar-refractivity contribution in [1.29, 1.82) is 0 Å². The Hall–Kier alpha value is -2.61. The van der Waals surface area contributed by atoms with E-state index in [4.69, 9.17) is 4.74 Å². The van der Waals surface area contributed by atoms with Crippen LogP contribution in [-0.4, -0.2) is 0 Å². The molecule has 2 heteroatoms. The summed E-state index contributed by atoms with van der Waals surface area (Å²) >= 11 is 0. The second-order valence-corrected chi connectivity index (χ2v) is 9.99. The maximum absolute atomic E-state index is 14.7. The molecule has 4 atom stereocenters. The smallest absolute Gasteiger partial charge is 0.165 e. The van der Waals surface area contributed by atoms with Crippen molar-refractivity contribution in [2.45, 2.75) is 58.0 Å². The van der Waals surface area contributed by atoms with Crippen molar-refractivity contribution in [3.05, 3.63) is 89.7 Å². The van der Waals surface area contributed by atoms with Crippen LogP contribution in [0, 0.1) is 23.6 Å². The van der Waals surface area contributed by atoms with E-state index < -0.39 is 0 Å². The van der Waals surface area contributed by atoms with E-state index in [2.05, 4.69) is 31.2 Å². The molecule has 1 unspecified atom stereocenters. The van der Waals surface area contributed by atoms with Crippen LogP contribution >= 0.6 is 0 Å². The van der Waals surface area contributed by atoms with Crippen LogP contribution < -0.4 is 4.74 Å². The molecular weight excluding hydrogens is 395 g/mol. The Kier molecular flexibility index (Phi) is 6.30. The number of benzene rings is 3. The predicted octanol–water partition coefficient (Wildman–Crippen LogP) is 8.39. The van der Waals surface area contributed by atoms with E-state index in [9.17, 15) is 4.39 Å². The molecule has 2 aliphatic carbocycles. The first-order valence-corrected chi connectivity index (χ1v) is 12.2. The molecule has 5 rings (SSSR count). The second kappa shape index (κ2) is 9.48. The molecule has 0 amide bonds. The lowest BCUT2D eigenvalue weighted by atomic mass is 9.64. The van der Waals surface area contributed by atoms with E-state index in [1.807, 2.05) is 36.4 Å². The monoisotopic (exact) mass is 428 g/mol. The molecular formula is C30H33FO. The number of hydrogen-bond acceptors (Lipinski definition) is 1. The highest BCUT2D eigenvalue weighted by atomic mass is 19.1. The minimum atomic E-state index is -0.313. The lowest BCUT2D eigenvalue weighted by Crippen LogP contribution is -2.29. The van der Waals surface area contributed by atoms with Crippen LogP contribution in [-0.2, 0) is 6.61 Å². The van der Waals surface area contributed by atoms with Gasteiger partial charge in [0, 0.05) is 0 Å². The van der Waals surface area contributed by atoms with Gasteiger partial charge in [-0.2, -0.15) is 0 Å². The molecule has 0 aliphatic heterocycles. The number of halogens is 1. The zero-order chi connectivity index (χ0) is 21.9. The summed E-state index contributed by atoms with van der Waals surface area (Å²) in [5, 5.41) is 0. The van der Waals surface area contributed by atoms with Crippen molar-refractivity contribution in [3.8, 4) is 16.9 Å². The molecule has 2 saturated carbocycles. The van der Waals surface area contributed by atoms with Gasteiger partial charge >= 0.3 is 0 Å². The summed E-state index contributed by atoms with van der Waals surface area (Å²) in [6.07, 6.45) is 8.31. The maximum Gasteiger partial charge on any atom is 0.165 e. The fraction of sp³-hybridized carbons (Fsp3) is 0.400. The summed E-state index contributed by atoms with van der Waals surface area (Å²) in [6, 6.07) is 24.0. The van der Waals surface area contributed by atoms with Crippen molar-refractivity contribution in [1.82, 2.24) is 0 Å². The van der Waals surface area contributed by atoms with E-state index in [0.29, 0.717) is 18.3 Å². The number of fused-ring (bicyclic) bond motifs is 1. The van der Waals surface area contributed by atoms with Gasteiger partial charge in [-0.1, -0.05) is 74.0 Å². The van der Waals surface area contributed by atoms with Gasteiger partial charge in [0.05, 0.1) is 0 Å².